The molecule has 0 spiro atoms. The summed E-state index contributed by atoms with van der Waals surface area (Å²) in [5.41, 5.74) is 3.49. The Kier molecular flexibility index (Phi) is 4.14. The normalized spacial score (nSPS) is 11.9. The van der Waals surface area contributed by atoms with Gasteiger partial charge in [-0.05, 0) is 26.0 Å². The largest absolute Gasteiger partial charge is 0.507 e. The molecule has 9 nitrogen and oxygen atoms in total. The second-order valence-electron chi connectivity index (χ2n) is 5.50. The van der Waals surface area contributed by atoms with Crippen LogP contribution < -0.4 is 16.7 Å². The van der Waals surface area contributed by atoms with Crippen molar-refractivity contribution < 1.29 is 5.11 Å². The van der Waals surface area contributed by atoms with E-state index in [4.69, 9.17) is 0 Å². The molecule has 0 aliphatic heterocycles. The molecule has 1 aromatic carbocycles. The Hall–Kier alpha value is -3.36. The van der Waals surface area contributed by atoms with Gasteiger partial charge in [0.15, 0.2) is 11.2 Å². The third-order valence-corrected chi connectivity index (χ3v) is 3.94. The van der Waals surface area contributed by atoms with E-state index in [0.29, 0.717) is 29.3 Å². The fourth-order valence-electron chi connectivity index (χ4n) is 2.60. The van der Waals surface area contributed by atoms with Gasteiger partial charge in [-0.1, -0.05) is 12.1 Å². The van der Waals surface area contributed by atoms with Crippen molar-refractivity contribution in [3.8, 4) is 5.75 Å². The van der Waals surface area contributed by atoms with Gasteiger partial charge in [0, 0.05) is 19.2 Å². The Labute approximate surface area is 142 Å². The van der Waals surface area contributed by atoms with E-state index >= 15 is 0 Å². The zero-order valence-corrected chi connectivity index (χ0v) is 14.1. The van der Waals surface area contributed by atoms with E-state index in [1.54, 1.807) is 35.8 Å². The van der Waals surface area contributed by atoms with Crippen LogP contribution in [0.5, 0.6) is 5.75 Å². The number of benzene rings is 1. The Balaban J connectivity index is 2.08. The number of rotatable bonds is 4. The van der Waals surface area contributed by atoms with Crippen molar-refractivity contribution in [3.05, 3.63) is 50.7 Å². The molecule has 25 heavy (non-hydrogen) atoms. The van der Waals surface area contributed by atoms with Gasteiger partial charge in [0.2, 0.25) is 5.95 Å². The lowest BCUT2D eigenvalue weighted by atomic mass is 10.1. The maximum absolute atomic E-state index is 12.1. The number of para-hydroxylation sites is 1. The highest BCUT2D eigenvalue weighted by Crippen LogP contribution is 2.18. The third-order valence-electron chi connectivity index (χ3n) is 3.94. The van der Waals surface area contributed by atoms with Crippen molar-refractivity contribution in [3.63, 3.8) is 0 Å². The number of fused-ring (bicyclic) bond motifs is 1. The first-order chi connectivity index (χ1) is 11.9. The van der Waals surface area contributed by atoms with Crippen LogP contribution in [0.2, 0.25) is 0 Å². The zero-order valence-electron chi connectivity index (χ0n) is 14.1. The van der Waals surface area contributed by atoms with E-state index in [1.807, 2.05) is 6.92 Å². The number of aryl methyl sites for hydroxylation is 2. The van der Waals surface area contributed by atoms with Gasteiger partial charge in [-0.15, -0.1) is 0 Å². The maximum Gasteiger partial charge on any atom is 0.329 e. The Bertz CT molecular complexity index is 1090. The summed E-state index contributed by atoms with van der Waals surface area (Å²) in [4.78, 5) is 30.4. The monoisotopic (exact) mass is 342 g/mol. The van der Waals surface area contributed by atoms with E-state index in [0.717, 1.165) is 0 Å². The zero-order chi connectivity index (χ0) is 18.1. The Morgan fingerprint density at radius 3 is 2.76 bits per heavy atom. The van der Waals surface area contributed by atoms with Crippen LogP contribution >= 0.6 is 0 Å². The van der Waals surface area contributed by atoms with Gasteiger partial charge in [0.05, 0.1) is 5.71 Å². The predicted molar refractivity (Wildman–Crippen MR) is 95.2 cm³/mol. The molecular formula is C16H18N6O3. The Morgan fingerprint density at radius 1 is 1.36 bits per heavy atom. The lowest BCUT2D eigenvalue weighted by Gasteiger charge is -2.06. The molecule has 0 unspecified atom stereocenters. The summed E-state index contributed by atoms with van der Waals surface area (Å²) >= 11 is 0. The standard InChI is InChI=1S/C16H18N6O3/c1-4-22-12-13(21(3)16(25)18-14(12)24)17-15(22)20-19-9(2)10-7-5-6-8-11(10)23/h5-8,23H,4H2,1-3H3,(H,17,20)(H,18,24,25)/b19-9+. The number of hydrogen-bond donors (Lipinski definition) is 3. The van der Waals surface area contributed by atoms with E-state index in [-0.39, 0.29) is 11.4 Å². The number of H-pyrrole nitrogens is 1. The molecular weight excluding hydrogens is 324 g/mol. The summed E-state index contributed by atoms with van der Waals surface area (Å²) in [6, 6.07) is 6.84. The van der Waals surface area contributed by atoms with Gasteiger partial charge < -0.3 is 9.67 Å². The number of aromatic hydroxyl groups is 1. The summed E-state index contributed by atoms with van der Waals surface area (Å²) in [5.74, 6) is 0.451. The van der Waals surface area contributed by atoms with Crippen LogP contribution in [0.15, 0.2) is 39.0 Å². The van der Waals surface area contributed by atoms with Gasteiger partial charge >= 0.3 is 5.69 Å². The fraction of sp³-hybridized carbons (Fsp3) is 0.250. The number of imidazole rings is 1. The van der Waals surface area contributed by atoms with Crippen molar-refractivity contribution in [1.82, 2.24) is 19.1 Å². The van der Waals surface area contributed by atoms with Gasteiger partial charge in [-0.3, -0.25) is 14.3 Å². The highest BCUT2D eigenvalue weighted by Gasteiger charge is 2.16. The molecule has 0 atom stereocenters. The van der Waals surface area contributed by atoms with Crippen LogP contribution in [0, 0.1) is 0 Å². The number of phenolic OH excluding ortho intramolecular Hbond substituents is 1. The van der Waals surface area contributed by atoms with Crippen molar-refractivity contribution in [2.45, 2.75) is 20.4 Å². The summed E-state index contributed by atoms with van der Waals surface area (Å²) in [6.45, 7) is 4.06. The van der Waals surface area contributed by atoms with Crippen molar-refractivity contribution in [2.75, 3.05) is 5.43 Å². The molecule has 130 valence electrons. The van der Waals surface area contributed by atoms with Gasteiger partial charge in [-0.25, -0.2) is 10.2 Å². The summed E-state index contributed by atoms with van der Waals surface area (Å²) in [5, 5.41) is 14.1. The van der Waals surface area contributed by atoms with E-state index in [2.05, 4.69) is 20.5 Å². The molecule has 3 rings (SSSR count). The summed E-state index contributed by atoms with van der Waals surface area (Å²) in [6.07, 6.45) is 0. The predicted octanol–water partition coefficient (Wildman–Crippen LogP) is 0.985. The van der Waals surface area contributed by atoms with Crippen LogP contribution in [0.4, 0.5) is 5.95 Å². The molecule has 0 bridgehead atoms. The number of aromatic nitrogens is 4. The highest BCUT2D eigenvalue weighted by atomic mass is 16.3. The number of aromatic amines is 1. The summed E-state index contributed by atoms with van der Waals surface area (Å²) in [7, 11) is 1.54. The van der Waals surface area contributed by atoms with Crippen LogP contribution in [-0.4, -0.2) is 29.9 Å². The van der Waals surface area contributed by atoms with Crippen molar-refractivity contribution in [2.24, 2.45) is 12.1 Å². The second kappa shape index (κ2) is 6.27. The van der Waals surface area contributed by atoms with Crippen LogP contribution in [0.25, 0.3) is 11.2 Å². The number of anilines is 1. The van der Waals surface area contributed by atoms with Crippen molar-refractivity contribution in [1.29, 1.82) is 0 Å². The van der Waals surface area contributed by atoms with Crippen molar-refractivity contribution >= 4 is 22.8 Å². The second-order valence-corrected chi connectivity index (χ2v) is 5.50. The average Bonchev–Trinajstić information content (AvgIpc) is 2.97. The molecule has 0 radical (unpaired) electrons. The molecule has 0 saturated heterocycles. The van der Waals surface area contributed by atoms with E-state index in [1.165, 1.54) is 11.6 Å². The smallest absolute Gasteiger partial charge is 0.329 e. The first kappa shape index (κ1) is 16.5. The maximum atomic E-state index is 12.1. The minimum atomic E-state index is -0.529. The lowest BCUT2D eigenvalue weighted by Crippen LogP contribution is -2.29. The molecule has 0 saturated carbocycles. The molecule has 2 heterocycles. The highest BCUT2D eigenvalue weighted by molar-refractivity contribution is 6.01. The summed E-state index contributed by atoms with van der Waals surface area (Å²) < 4.78 is 2.91. The minimum Gasteiger partial charge on any atom is -0.507 e. The molecule has 0 amide bonds. The molecule has 2 aromatic heterocycles. The van der Waals surface area contributed by atoms with Gasteiger partial charge in [-0.2, -0.15) is 10.1 Å². The Morgan fingerprint density at radius 2 is 2.08 bits per heavy atom. The number of nitrogens with one attached hydrogen (secondary N) is 2. The van der Waals surface area contributed by atoms with Crippen LogP contribution in [0.3, 0.4) is 0 Å². The van der Waals surface area contributed by atoms with Gasteiger partial charge in [0.1, 0.15) is 5.75 Å². The number of phenols is 1. The third kappa shape index (κ3) is 2.80. The molecule has 9 heteroatoms. The minimum absolute atomic E-state index is 0.119. The molecule has 0 aliphatic carbocycles. The molecule has 0 aliphatic rings. The average molecular weight is 342 g/mol. The first-order valence-electron chi connectivity index (χ1n) is 7.72. The molecule has 3 N–H and O–H groups in total. The quantitative estimate of drug-likeness (QED) is 0.483. The number of hydrogen-bond acceptors (Lipinski definition) is 6. The fourth-order valence-corrected chi connectivity index (χ4v) is 2.60. The number of hydrazone groups is 1. The number of nitrogens with zero attached hydrogens (tertiary/aromatic N) is 4. The topological polar surface area (TPSA) is 117 Å². The van der Waals surface area contributed by atoms with E-state index in [9.17, 15) is 14.7 Å². The van der Waals surface area contributed by atoms with Gasteiger partial charge in [0.25, 0.3) is 5.56 Å². The first-order valence-corrected chi connectivity index (χ1v) is 7.72. The van der Waals surface area contributed by atoms with E-state index < -0.39 is 11.2 Å². The molecule has 0 fully saturated rings. The SMILES string of the molecule is CCn1c(N/N=C(\C)c2ccccc2O)nc2c1c(=O)[nH]c(=O)n2C. The lowest BCUT2D eigenvalue weighted by molar-refractivity contribution is 0.474. The molecule has 3 aromatic rings. The van der Waals surface area contributed by atoms with Crippen LogP contribution in [0.1, 0.15) is 19.4 Å². The van der Waals surface area contributed by atoms with Crippen LogP contribution in [-0.2, 0) is 13.6 Å².